The second kappa shape index (κ2) is 17.7. The van der Waals surface area contributed by atoms with Gasteiger partial charge in [-0.15, -0.1) is 40.5 Å². The molecule has 0 fully saturated rings. The molecule has 3 aromatic heterocycles. The third-order valence-electron chi connectivity index (χ3n) is 11.0. The van der Waals surface area contributed by atoms with Crippen molar-refractivity contribution in [1.82, 2.24) is 4.98 Å². The largest absolute Gasteiger partial charge is 0.512 e. The van der Waals surface area contributed by atoms with Crippen LogP contribution in [0.1, 0.15) is 113 Å². The van der Waals surface area contributed by atoms with Crippen LogP contribution < -0.4 is 4.57 Å². The maximum absolute atomic E-state index is 12.2. The van der Waals surface area contributed by atoms with Crippen molar-refractivity contribution in [2.24, 2.45) is 16.7 Å². The molecule has 5 rings (SSSR count). The molecule has 1 N–H and O–H groups in total. The molecule has 4 nitrogen and oxygen atoms in total. The summed E-state index contributed by atoms with van der Waals surface area (Å²) in [4.78, 5) is 17.0. The molecular weight excluding hydrogens is 837 g/mol. The zero-order chi connectivity index (χ0) is 37.7. The second-order valence-electron chi connectivity index (χ2n) is 16.0. The molecular formula is C46H59IrN2O2S-. The quantitative estimate of drug-likeness (QED) is 0.0622. The van der Waals surface area contributed by atoms with Gasteiger partial charge in [0.05, 0.1) is 11.9 Å². The van der Waals surface area contributed by atoms with E-state index in [1.165, 1.54) is 32.7 Å². The van der Waals surface area contributed by atoms with E-state index in [2.05, 4.69) is 102 Å². The monoisotopic (exact) mass is 896 g/mol. The summed E-state index contributed by atoms with van der Waals surface area (Å²) in [5.41, 5.74) is 6.30. The van der Waals surface area contributed by atoms with Gasteiger partial charge in [0.2, 0.25) is 0 Å². The Balaban J connectivity index is 0.000000347. The van der Waals surface area contributed by atoms with Crippen molar-refractivity contribution in [2.75, 3.05) is 0 Å². The molecule has 0 saturated heterocycles. The van der Waals surface area contributed by atoms with Gasteiger partial charge in [0.25, 0.3) is 0 Å². The predicted molar refractivity (Wildman–Crippen MR) is 218 cm³/mol. The number of carbonyl (C=O) groups is 1. The zero-order valence-electron chi connectivity index (χ0n) is 33.2. The Morgan fingerprint density at radius 1 is 0.942 bits per heavy atom. The van der Waals surface area contributed by atoms with Crippen molar-refractivity contribution >= 4 is 38.0 Å². The van der Waals surface area contributed by atoms with Gasteiger partial charge >= 0.3 is 0 Å². The van der Waals surface area contributed by atoms with E-state index in [9.17, 15) is 9.90 Å². The minimum atomic E-state index is -0.337. The van der Waals surface area contributed by atoms with Crippen LogP contribution in [0.5, 0.6) is 0 Å². The summed E-state index contributed by atoms with van der Waals surface area (Å²) in [5, 5.41) is 16.1. The molecule has 3 heterocycles. The van der Waals surface area contributed by atoms with Gasteiger partial charge in [-0.3, -0.25) is 9.78 Å². The van der Waals surface area contributed by atoms with Crippen molar-refractivity contribution in [3.8, 4) is 22.5 Å². The number of hydrogen-bond acceptors (Lipinski definition) is 4. The molecule has 0 atom stereocenters. The minimum absolute atomic E-state index is 0. The summed E-state index contributed by atoms with van der Waals surface area (Å²) >= 11 is 1.81. The van der Waals surface area contributed by atoms with Crippen molar-refractivity contribution < 1.29 is 34.6 Å². The number of benzene rings is 2. The Labute approximate surface area is 331 Å². The van der Waals surface area contributed by atoms with Crippen molar-refractivity contribution in [3.05, 3.63) is 102 Å². The van der Waals surface area contributed by atoms with Crippen LogP contribution in [0.4, 0.5) is 0 Å². The fourth-order valence-electron chi connectivity index (χ4n) is 6.32. The average molecular weight is 896 g/mol. The summed E-state index contributed by atoms with van der Waals surface area (Å²) in [6.45, 7) is 23.4. The molecule has 0 bridgehead atoms. The average Bonchev–Trinajstić information content (AvgIpc) is 3.51. The van der Waals surface area contributed by atoms with Crippen molar-refractivity contribution in [2.45, 2.75) is 114 Å². The van der Waals surface area contributed by atoms with Gasteiger partial charge < -0.3 is 9.67 Å². The van der Waals surface area contributed by atoms with Crippen LogP contribution in [0.3, 0.4) is 0 Å². The fourth-order valence-corrected chi connectivity index (χ4v) is 7.31. The molecule has 0 unspecified atom stereocenters. The minimum Gasteiger partial charge on any atom is -0.512 e. The summed E-state index contributed by atoms with van der Waals surface area (Å²) in [7, 11) is 4.26. The molecule has 0 saturated carbocycles. The van der Waals surface area contributed by atoms with Gasteiger partial charge in [-0.2, -0.15) is 0 Å². The Morgan fingerprint density at radius 3 is 2.17 bits per heavy atom. The maximum Gasteiger partial charge on any atom is 0.164 e. The number of rotatable bonds is 11. The van der Waals surface area contributed by atoms with Gasteiger partial charge in [0, 0.05) is 60.3 Å². The second-order valence-corrected chi connectivity index (χ2v) is 16.9. The number of aliphatic hydroxyl groups excluding tert-OH is 1. The fraction of sp³-hybridized carbons (Fsp3) is 0.435. The molecule has 52 heavy (non-hydrogen) atoms. The number of thiophene rings is 1. The third-order valence-corrected chi connectivity index (χ3v) is 12.0. The number of aliphatic hydroxyl groups is 1. The van der Waals surface area contributed by atoms with E-state index in [1.807, 2.05) is 69.8 Å². The first-order valence-electron chi connectivity index (χ1n) is 18.6. The zero-order valence-corrected chi connectivity index (χ0v) is 36.5. The van der Waals surface area contributed by atoms with Gasteiger partial charge in [0.1, 0.15) is 11.5 Å². The van der Waals surface area contributed by atoms with E-state index >= 15 is 0 Å². The molecule has 6 heteroatoms. The molecule has 5 aromatic rings. The predicted octanol–water partition coefficient (Wildman–Crippen LogP) is 12.7. The number of pyridine rings is 2. The molecule has 0 aliphatic heterocycles. The van der Waals surface area contributed by atoms with Crippen LogP contribution in [0.2, 0.25) is 0 Å². The van der Waals surface area contributed by atoms with Crippen LogP contribution in [-0.4, -0.2) is 15.9 Å². The number of aromatic nitrogens is 2. The number of carbonyl (C=O) groups excluding carboxylic acids is 1. The van der Waals surface area contributed by atoms with E-state index in [0.29, 0.717) is 5.92 Å². The standard InChI is InChI=1S/C31H31N2S.C15H28O2.Ir/c1-20(2)13-24-19-34-30-17-28(32-18-26(24)30)22-11-12-33(6)29(16-22)23-14-21-9-7-8-10-25(21)27(15-23)31(3,4)5;1-7-14(5,8-2)12(16)11-13(17)15(6,9-3)10-4;/h7-12,15-20H,6,13H2,1-5H3;11,16H,7-10H2,1-6H3;/q-1;;/b;12-11-;. The molecule has 281 valence electrons. The Hall–Kier alpha value is -3.31. The summed E-state index contributed by atoms with van der Waals surface area (Å²) in [6, 6.07) is 21.0. The maximum atomic E-state index is 12.2. The van der Waals surface area contributed by atoms with Gasteiger partial charge in [0.15, 0.2) is 5.78 Å². The van der Waals surface area contributed by atoms with E-state index in [4.69, 9.17) is 4.98 Å². The topological polar surface area (TPSA) is 54.1 Å². The summed E-state index contributed by atoms with van der Waals surface area (Å²) in [5.74, 6) is 0.923. The molecule has 1 radical (unpaired) electrons. The number of hydrogen-bond donors (Lipinski definition) is 1. The molecule has 0 spiro atoms. The number of allylic oxidation sites excluding steroid dienone is 2. The van der Waals surface area contributed by atoms with Crippen molar-refractivity contribution in [3.63, 3.8) is 0 Å². The van der Waals surface area contributed by atoms with Gasteiger partial charge in [-0.25, -0.2) is 0 Å². The summed E-state index contributed by atoms with van der Waals surface area (Å²) < 4.78 is 3.22. The Morgan fingerprint density at radius 2 is 1.58 bits per heavy atom. The molecule has 0 aliphatic carbocycles. The van der Waals surface area contributed by atoms with E-state index in [1.54, 1.807) is 0 Å². The number of nitrogens with zero attached hydrogens (tertiary/aromatic N) is 2. The summed E-state index contributed by atoms with van der Waals surface area (Å²) in [6.07, 6.45) is 9.91. The molecule has 2 aromatic carbocycles. The van der Waals surface area contributed by atoms with Crippen LogP contribution in [0.15, 0.2) is 78.1 Å². The van der Waals surface area contributed by atoms with Crippen molar-refractivity contribution in [1.29, 1.82) is 0 Å². The van der Waals surface area contributed by atoms with Gasteiger partial charge in [-0.05, 0) is 78.1 Å². The third kappa shape index (κ3) is 9.61. The first-order valence-corrected chi connectivity index (χ1v) is 19.5. The number of ketones is 1. The first kappa shape index (κ1) is 43.1. The Bertz CT molecular complexity index is 2010. The van der Waals surface area contributed by atoms with Crippen LogP contribution in [0, 0.1) is 29.9 Å². The van der Waals surface area contributed by atoms with E-state index in [0.717, 1.165) is 60.0 Å². The molecule has 0 amide bonds. The van der Waals surface area contributed by atoms with Crippen LogP contribution in [0.25, 0.3) is 43.4 Å². The van der Waals surface area contributed by atoms with Gasteiger partial charge in [-0.1, -0.05) is 105 Å². The smallest absolute Gasteiger partial charge is 0.164 e. The van der Waals surface area contributed by atoms with Crippen LogP contribution in [-0.2, 0) is 36.7 Å². The normalized spacial score (nSPS) is 12.5. The SMILES string of the molecule is CCC(C)(CC)C(=O)/C=C(\O)C(C)(CC)CC.[CH2-][n+]1ccc(-c2cc3scc(CC(C)C)c3cn2)cc1-c1[c-]c2ccccc2c(C(C)(C)C)c1.[Ir]. The van der Waals surface area contributed by atoms with Crippen LogP contribution >= 0.6 is 11.3 Å². The van der Waals surface area contributed by atoms with E-state index in [-0.39, 0.29) is 47.9 Å². The molecule has 0 aliphatic rings. The first-order chi connectivity index (χ1) is 24.0. The Kier molecular flexibility index (Phi) is 14.6. The number of fused-ring (bicyclic) bond motifs is 2. The van der Waals surface area contributed by atoms with E-state index < -0.39 is 0 Å².